The third-order valence-corrected chi connectivity index (χ3v) is 9.22. The number of hydrogen-bond acceptors (Lipinski definition) is 20. The highest BCUT2D eigenvalue weighted by Crippen LogP contribution is 2.40. The van der Waals surface area contributed by atoms with E-state index in [1.165, 1.54) is 27.2 Å². The second kappa shape index (κ2) is 15.9. The zero-order valence-corrected chi connectivity index (χ0v) is 29.6. The van der Waals surface area contributed by atoms with Gasteiger partial charge in [-0.05, 0) is 37.3 Å². The van der Waals surface area contributed by atoms with Gasteiger partial charge < -0.3 is 88.6 Å². The van der Waals surface area contributed by atoms with Crippen LogP contribution in [-0.2, 0) is 18.9 Å². The average Bonchev–Trinajstić information content (AvgIpc) is 3.16. The lowest BCUT2D eigenvalue weighted by atomic mass is 9.98. The van der Waals surface area contributed by atoms with Gasteiger partial charge in [0.05, 0.1) is 32.5 Å². The lowest BCUT2D eigenvalue weighted by Gasteiger charge is -2.43. The molecule has 10 atom stereocenters. The molecule has 0 unspecified atom stereocenters. The Labute approximate surface area is 315 Å². The van der Waals surface area contributed by atoms with Crippen LogP contribution in [0, 0.1) is 0 Å². The summed E-state index contributed by atoms with van der Waals surface area (Å²) in [6.45, 7) is 0.670. The molecule has 3 aromatic carbocycles. The number of phenols is 5. The van der Waals surface area contributed by atoms with Crippen molar-refractivity contribution in [2.75, 3.05) is 20.8 Å². The summed E-state index contributed by atoms with van der Waals surface area (Å²) in [4.78, 5) is 26.9. The maximum atomic E-state index is 13.8. The van der Waals surface area contributed by atoms with Crippen LogP contribution in [-0.4, -0.2) is 139 Å². The Morgan fingerprint density at radius 3 is 2.07 bits per heavy atom. The molecule has 0 saturated carbocycles. The third-order valence-electron chi connectivity index (χ3n) is 9.22. The molecule has 20 heteroatoms. The van der Waals surface area contributed by atoms with Gasteiger partial charge in [-0.1, -0.05) is 0 Å². The standard InChI is InChI=1S/C36H38O20/c1-12-24(41)32(55-34(48)14-7-20(49-2)25(42)21(8-14)50-3)30(47)35(52-12)51-11-22-26(43)28(45)29(46)36(54-22)56-33-27(44)23-18(40)9-15(37)10-19(23)53-31(33)13-4-5-16(38)17(39)6-13/h4-10,12,22,24,26,28-30,32,35-43,45-47H,11H2,1-3H3/t12-,22+,24-,26-,28-,29+,30+,32+,35+,36-/m0/s1. The van der Waals surface area contributed by atoms with E-state index >= 15 is 0 Å². The van der Waals surface area contributed by atoms with E-state index in [0.717, 1.165) is 36.4 Å². The average molecular weight is 791 g/mol. The van der Waals surface area contributed by atoms with Crippen LogP contribution in [0.4, 0.5) is 0 Å². The number of carbonyl (C=O) groups is 1. The van der Waals surface area contributed by atoms with E-state index in [0.29, 0.717) is 0 Å². The summed E-state index contributed by atoms with van der Waals surface area (Å²) in [7, 11) is 2.47. The van der Waals surface area contributed by atoms with Crippen LogP contribution in [0.1, 0.15) is 17.3 Å². The Hall–Kier alpha value is -5.58. The molecule has 0 aliphatic carbocycles. The van der Waals surface area contributed by atoms with Gasteiger partial charge in [0.25, 0.3) is 0 Å². The first-order valence-corrected chi connectivity index (χ1v) is 16.7. The summed E-state index contributed by atoms with van der Waals surface area (Å²) < 4.78 is 44.0. The summed E-state index contributed by atoms with van der Waals surface area (Å²) in [5.41, 5.74) is -1.64. The molecule has 6 rings (SSSR count). The molecule has 0 bridgehead atoms. The smallest absolute Gasteiger partial charge is 0.338 e. The third kappa shape index (κ3) is 7.51. The highest BCUT2D eigenvalue weighted by atomic mass is 16.7. The van der Waals surface area contributed by atoms with Crippen LogP contribution in [0.25, 0.3) is 22.3 Å². The van der Waals surface area contributed by atoms with Gasteiger partial charge in [-0.3, -0.25) is 4.79 Å². The molecule has 10 N–H and O–H groups in total. The summed E-state index contributed by atoms with van der Waals surface area (Å²) in [5, 5.41) is 105. The maximum absolute atomic E-state index is 13.8. The molecule has 20 nitrogen and oxygen atoms in total. The molecule has 0 amide bonds. The number of fused-ring (bicyclic) bond motifs is 1. The second-order valence-electron chi connectivity index (χ2n) is 12.9. The summed E-state index contributed by atoms with van der Waals surface area (Å²) in [6.07, 6.45) is -17.4. The zero-order valence-electron chi connectivity index (χ0n) is 29.6. The van der Waals surface area contributed by atoms with Gasteiger partial charge in [-0.2, -0.15) is 0 Å². The van der Waals surface area contributed by atoms with Gasteiger partial charge in [-0.15, -0.1) is 0 Å². The quantitative estimate of drug-likeness (QED) is 0.0741. The van der Waals surface area contributed by atoms with E-state index in [2.05, 4.69) is 0 Å². The number of rotatable bonds is 10. The molecule has 302 valence electrons. The van der Waals surface area contributed by atoms with Gasteiger partial charge >= 0.3 is 5.97 Å². The van der Waals surface area contributed by atoms with Crippen molar-refractivity contribution in [3.8, 4) is 57.3 Å². The van der Waals surface area contributed by atoms with Crippen molar-refractivity contribution >= 4 is 16.9 Å². The molecular weight excluding hydrogens is 752 g/mol. The molecule has 56 heavy (non-hydrogen) atoms. The number of benzene rings is 3. The number of aliphatic hydroxyl groups is 5. The zero-order chi connectivity index (χ0) is 40.7. The highest BCUT2D eigenvalue weighted by molar-refractivity contribution is 5.91. The Morgan fingerprint density at radius 2 is 1.43 bits per heavy atom. The highest BCUT2D eigenvalue weighted by Gasteiger charge is 2.49. The van der Waals surface area contributed by atoms with Crippen molar-refractivity contribution in [3.05, 3.63) is 58.3 Å². The number of carbonyl (C=O) groups excluding carboxylic acids is 1. The van der Waals surface area contributed by atoms with E-state index < -0.39 is 125 Å². The monoisotopic (exact) mass is 790 g/mol. The number of aliphatic hydroxyl groups excluding tert-OH is 5. The van der Waals surface area contributed by atoms with Crippen molar-refractivity contribution in [3.63, 3.8) is 0 Å². The van der Waals surface area contributed by atoms with Gasteiger partial charge in [0.1, 0.15) is 59.1 Å². The molecule has 2 saturated heterocycles. The lowest BCUT2D eigenvalue weighted by Crippen LogP contribution is -2.62. The molecule has 2 aliphatic heterocycles. The number of phenolic OH excluding ortho intramolecular Hbond substituents is 5. The first-order chi connectivity index (χ1) is 26.5. The Morgan fingerprint density at radius 1 is 0.750 bits per heavy atom. The molecule has 0 radical (unpaired) electrons. The Bertz CT molecular complexity index is 2130. The second-order valence-corrected chi connectivity index (χ2v) is 12.9. The largest absolute Gasteiger partial charge is 0.508 e. The summed E-state index contributed by atoms with van der Waals surface area (Å²) in [5.74, 6) is -5.25. The topological polar surface area (TPSA) is 314 Å². The first kappa shape index (κ1) is 40.1. The number of aromatic hydroxyl groups is 5. The van der Waals surface area contributed by atoms with Gasteiger partial charge in [0, 0.05) is 17.7 Å². The Balaban J connectivity index is 1.23. The molecule has 4 aromatic rings. The van der Waals surface area contributed by atoms with Gasteiger partial charge in [-0.25, -0.2) is 4.79 Å². The fraction of sp³-hybridized carbons (Fsp3) is 0.389. The summed E-state index contributed by atoms with van der Waals surface area (Å²) >= 11 is 0. The first-order valence-electron chi connectivity index (χ1n) is 16.7. The van der Waals surface area contributed by atoms with Crippen LogP contribution >= 0.6 is 0 Å². The number of esters is 1. The van der Waals surface area contributed by atoms with Crippen molar-refractivity contribution in [1.82, 2.24) is 0 Å². The minimum Gasteiger partial charge on any atom is -0.508 e. The fourth-order valence-corrected chi connectivity index (χ4v) is 6.16. The van der Waals surface area contributed by atoms with Crippen molar-refractivity contribution < 1.29 is 93.4 Å². The predicted octanol–water partition coefficient (Wildman–Crippen LogP) is -0.0996. The van der Waals surface area contributed by atoms with Crippen LogP contribution in [0.2, 0.25) is 0 Å². The minimum atomic E-state index is -2.04. The van der Waals surface area contributed by atoms with E-state index in [1.54, 1.807) is 0 Å². The van der Waals surface area contributed by atoms with E-state index in [-0.39, 0.29) is 28.2 Å². The van der Waals surface area contributed by atoms with Gasteiger partial charge in [0.15, 0.2) is 41.2 Å². The molecule has 2 fully saturated rings. The minimum absolute atomic E-state index is 0.0680. The summed E-state index contributed by atoms with van der Waals surface area (Å²) in [6, 6.07) is 7.43. The Kier molecular flexibility index (Phi) is 11.4. The van der Waals surface area contributed by atoms with Crippen molar-refractivity contribution in [2.24, 2.45) is 0 Å². The number of hydrogen-bond donors (Lipinski definition) is 10. The normalized spacial score (nSPS) is 27.8. The van der Waals surface area contributed by atoms with Crippen LogP contribution in [0.15, 0.2) is 51.7 Å². The number of methoxy groups -OCH3 is 2. The molecule has 1 aromatic heterocycles. The maximum Gasteiger partial charge on any atom is 0.338 e. The van der Waals surface area contributed by atoms with E-state index in [4.69, 9.17) is 37.6 Å². The van der Waals surface area contributed by atoms with Crippen LogP contribution in [0.3, 0.4) is 0 Å². The van der Waals surface area contributed by atoms with E-state index in [1.807, 2.05) is 0 Å². The number of ether oxygens (including phenoxy) is 7. The van der Waals surface area contributed by atoms with E-state index in [9.17, 15) is 60.7 Å². The molecular formula is C36H38O20. The van der Waals surface area contributed by atoms with Crippen molar-refractivity contribution in [1.29, 1.82) is 0 Å². The fourth-order valence-electron chi connectivity index (χ4n) is 6.16. The van der Waals surface area contributed by atoms with Crippen molar-refractivity contribution in [2.45, 2.75) is 68.3 Å². The molecule has 0 spiro atoms. The predicted molar refractivity (Wildman–Crippen MR) is 185 cm³/mol. The lowest BCUT2D eigenvalue weighted by molar-refractivity contribution is -0.318. The van der Waals surface area contributed by atoms with Crippen LogP contribution < -0.4 is 19.6 Å². The molecule has 2 aliphatic rings. The van der Waals surface area contributed by atoms with Gasteiger partial charge in [0.2, 0.25) is 23.2 Å². The van der Waals surface area contributed by atoms with Crippen LogP contribution in [0.5, 0.6) is 46.0 Å². The SMILES string of the molecule is COc1cc(C(=O)O[C@@H]2[C@@H](O)[C@H](C)O[C@@H](OC[C@H]3O[C@@H](Oc4c(-c5ccc(O)c(O)c5)oc5cc(O)cc(O)c5c4=O)[C@H](O)[C@@H](O)[C@H]3O)[C@@H]2O)cc(OC)c1O. The molecule has 3 heterocycles.